The molecule has 0 aliphatic carbocycles. The molecule has 1 heterocycles. The number of hydrogen-bond donors (Lipinski definition) is 0. The Bertz CT molecular complexity index is 1320. The van der Waals surface area contributed by atoms with Crippen molar-refractivity contribution >= 4 is 33.0 Å². The summed E-state index contributed by atoms with van der Waals surface area (Å²) in [5.74, 6) is 1.16. The molecule has 0 atom stereocenters. The molecule has 6 heteroatoms. The van der Waals surface area contributed by atoms with E-state index < -0.39 is 0 Å². The third-order valence-corrected chi connectivity index (χ3v) is 4.98. The van der Waals surface area contributed by atoms with Gasteiger partial charge < -0.3 is 4.74 Å². The van der Waals surface area contributed by atoms with Crippen molar-refractivity contribution in [3.8, 4) is 17.1 Å². The molecule has 0 aliphatic heterocycles. The zero-order valence-corrected chi connectivity index (χ0v) is 19.1. The fourth-order valence-electron chi connectivity index (χ4n) is 3.17. The van der Waals surface area contributed by atoms with Crippen molar-refractivity contribution < 1.29 is 4.74 Å². The number of fused-ring (bicyclic) bond motifs is 1. The highest BCUT2D eigenvalue weighted by Gasteiger charge is 2.15. The van der Waals surface area contributed by atoms with Crippen LogP contribution < -0.4 is 10.3 Å². The van der Waals surface area contributed by atoms with Crippen molar-refractivity contribution in [2.24, 2.45) is 5.10 Å². The lowest BCUT2D eigenvalue weighted by Gasteiger charge is -2.22. The van der Waals surface area contributed by atoms with E-state index in [0.717, 1.165) is 15.6 Å². The Hall–Kier alpha value is -3.25. The fourth-order valence-corrected chi connectivity index (χ4v) is 3.55. The van der Waals surface area contributed by atoms with Gasteiger partial charge in [-0.25, -0.2) is 4.98 Å². The minimum absolute atomic E-state index is 0.228. The SMILES string of the molecule is CC(C)(C)Oc1ccc(Br)cc1C=Nn1c(-c2ccccc2)nc2ccccc2c1=O. The number of benzene rings is 3. The summed E-state index contributed by atoms with van der Waals surface area (Å²) in [4.78, 5) is 18.0. The summed E-state index contributed by atoms with van der Waals surface area (Å²) in [7, 11) is 0. The monoisotopic (exact) mass is 475 g/mol. The van der Waals surface area contributed by atoms with E-state index in [-0.39, 0.29) is 11.2 Å². The third-order valence-electron chi connectivity index (χ3n) is 4.49. The van der Waals surface area contributed by atoms with Crippen LogP contribution in [-0.2, 0) is 0 Å². The number of hydrogen-bond acceptors (Lipinski definition) is 4. The molecule has 0 saturated heterocycles. The third kappa shape index (κ3) is 4.75. The number of rotatable bonds is 4. The van der Waals surface area contributed by atoms with E-state index in [1.807, 2.05) is 87.5 Å². The number of halogens is 1. The van der Waals surface area contributed by atoms with Crippen LogP contribution in [0, 0.1) is 0 Å². The highest BCUT2D eigenvalue weighted by Crippen LogP contribution is 2.26. The quantitative estimate of drug-likeness (QED) is 0.346. The second-order valence-corrected chi connectivity index (χ2v) is 8.99. The summed E-state index contributed by atoms with van der Waals surface area (Å²) in [5, 5.41) is 5.06. The highest BCUT2D eigenvalue weighted by molar-refractivity contribution is 9.10. The van der Waals surface area contributed by atoms with E-state index in [1.165, 1.54) is 4.68 Å². The minimum atomic E-state index is -0.368. The zero-order chi connectivity index (χ0) is 22.0. The van der Waals surface area contributed by atoms with Crippen molar-refractivity contribution in [1.29, 1.82) is 0 Å². The first-order chi connectivity index (χ1) is 14.8. The topological polar surface area (TPSA) is 56.5 Å². The summed E-state index contributed by atoms with van der Waals surface area (Å²) < 4.78 is 8.31. The standard InChI is InChI=1S/C25H22BrN3O2/c1-25(2,3)31-22-14-13-19(26)15-18(22)16-27-29-23(17-9-5-4-6-10-17)28-21-12-8-7-11-20(21)24(29)30/h4-16H,1-3H3. The summed E-state index contributed by atoms with van der Waals surface area (Å²) in [6.45, 7) is 5.96. The van der Waals surface area contributed by atoms with Crippen molar-refractivity contribution in [1.82, 2.24) is 9.66 Å². The number of aromatic nitrogens is 2. The first-order valence-electron chi connectivity index (χ1n) is 9.92. The van der Waals surface area contributed by atoms with Crippen LogP contribution in [-0.4, -0.2) is 21.5 Å². The van der Waals surface area contributed by atoms with E-state index in [0.29, 0.717) is 22.5 Å². The predicted octanol–water partition coefficient (Wildman–Crippen LogP) is 5.89. The number of nitrogens with zero attached hydrogens (tertiary/aromatic N) is 3. The molecule has 1 aromatic heterocycles. The van der Waals surface area contributed by atoms with E-state index in [9.17, 15) is 4.79 Å². The fraction of sp³-hybridized carbons (Fsp3) is 0.160. The smallest absolute Gasteiger partial charge is 0.282 e. The Labute approximate surface area is 189 Å². The van der Waals surface area contributed by atoms with Gasteiger partial charge in [-0.1, -0.05) is 58.4 Å². The molecular weight excluding hydrogens is 454 g/mol. The van der Waals surface area contributed by atoms with Gasteiger partial charge in [-0.2, -0.15) is 9.78 Å². The Morgan fingerprint density at radius 3 is 2.45 bits per heavy atom. The average Bonchev–Trinajstić information content (AvgIpc) is 2.74. The lowest BCUT2D eigenvalue weighted by Crippen LogP contribution is -2.24. The number of para-hydroxylation sites is 1. The van der Waals surface area contributed by atoms with Crippen molar-refractivity contribution in [2.75, 3.05) is 0 Å². The number of ether oxygens (including phenoxy) is 1. The molecule has 0 saturated carbocycles. The van der Waals surface area contributed by atoms with Crippen LogP contribution >= 0.6 is 15.9 Å². The Kier molecular flexibility index (Phi) is 5.74. The van der Waals surface area contributed by atoms with Gasteiger partial charge in [0, 0.05) is 15.6 Å². The molecule has 0 radical (unpaired) electrons. The molecule has 0 aliphatic rings. The molecule has 4 aromatic rings. The van der Waals surface area contributed by atoms with Gasteiger partial charge in [-0.15, -0.1) is 0 Å². The van der Waals surface area contributed by atoms with Gasteiger partial charge in [0.1, 0.15) is 11.4 Å². The summed E-state index contributed by atoms with van der Waals surface area (Å²) in [5.41, 5.74) is 1.60. The van der Waals surface area contributed by atoms with Crippen LogP contribution in [0.2, 0.25) is 0 Å². The second-order valence-electron chi connectivity index (χ2n) is 8.08. The predicted molar refractivity (Wildman–Crippen MR) is 129 cm³/mol. The van der Waals surface area contributed by atoms with Gasteiger partial charge in [-0.3, -0.25) is 4.79 Å². The Morgan fingerprint density at radius 2 is 1.71 bits per heavy atom. The first kappa shape index (κ1) is 21.0. The normalized spacial score (nSPS) is 11.9. The van der Waals surface area contributed by atoms with E-state index in [2.05, 4.69) is 21.0 Å². The summed E-state index contributed by atoms with van der Waals surface area (Å²) in [6.07, 6.45) is 1.64. The maximum absolute atomic E-state index is 13.3. The van der Waals surface area contributed by atoms with Crippen LogP contribution in [0.3, 0.4) is 0 Å². The molecule has 4 rings (SSSR count). The largest absolute Gasteiger partial charge is 0.487 e. The average molecular weight is 476 g/mol. The van der Waals surface area contributed by atoms with Crippen molar-refractivity contribution in [2.45, 2.75) is 26.4 Å². The molecule has 0 fully saturated rings. The van der Waals surface area contributed by atoms with Crippen molar-refractivity contribution in [3.05, 3.63) is 93.2 Å². The lowest BCUT2D eigenvalue weighted by molar-refractivity contribution is 0.130. The van der Waals surface area contributed by atoms with E-state index in [4.69, 9.17) is 9.72 Å². The molecule has 3 aromatic carbocycles. The molecule has 0 N–H and O–H groups in total. The van der Waals surface area contributed by atoms with Crippen LogP contribution in [0.5, 0.6) is 5.75 Å². The van der Waals surface area contributed by atoms with Crippen molar-refractivity contribution in [3.63, 3.8) is 0 Å². The van der Waals surface area contributed by atoms with Crippen LogP contribution in [0.4, 0.5) is 0 Å². The van der Waals surface area contributed by atoms with Gasteiger partial charge in [0.15, 0.2) is 5.82 Å². The first-order valence-corrected chi connectivity index (χ1v) is 10.7. The lowest BCUT2D eigenvalue weighted by atomic mass is 10.1. The zero-order valence-electron chi connectivity index (χ0n) is 17.5. The van der Waals surface area contributed by atoms with Gasteiger partial charge >= 0.3 is 0 Å². The molecule has 31 heavy (non-hydrogen) atoms. The maximum Gasteiger partial charge on any atom is 0.282 e. The van der Waals surface area contributed by atoms with Crippen LogP contribution in [0.15, 0.2) is 87.2 Å². The second kappa shape index (κ2) is 8.47. The molecule has 0 spiro atoms. The molecule has 0 bridgehead atoms. The summed E-state index contributed by atoms with van der Waals surface area (Å²) >= 11 is 3.50. The molecule has 5 nitrogen and oxygen atoms in total. The molecule has 156 valence electrons. The van der Waals surface area contributed by atoms with Gasteiger partial charge in [0.25, 0.3) is 5.56 Å². The van der Waals surface area contributed by atoms with Gasteiger partial charge in [0.2, 0.25) is 0 Å². The molecular formula is C25H22BrN3O2. The van der Waals surface area contributed by atoms with Crippen LogP contribution in [0.1, 0.15) is 26.3 Å². The van der Waals surface area contributed by atoms with E-state index >= 15 is 0 Å². The van der Waals surface area contributed by atoms with Gasteiger partial charge in [0.05, 0.1) is 17.1 Å². The molecule has 0 unspecified atom stereocenters. The Balaban J connectivity index is 1.89. The highest BCUT2D eigenvalue weighted by atomic mass is 79.9. The maximum atomic E-state index is 13.3. The molecule has 0 amide bonds. The Morgan fingerprint density at radius 1 is 1.00 bits per heavy atom. The minimum Gasteiger partial charge on any atom is -0.487 e. The van der Waals surface area contributed by atoms with Gasteiger partial charge in [-0.05, 0) is 51.1 Å². The van der Waals surface area contributed by atoms with Crippen LogP contribution in [0.25, 0.3) is 22.3 Å². The summed E-state index contributed by atoms with van der Waals surface area (Å²) in [6, 6.07) is 22.6. The van der Waals surface area contributed by atoms with E-state index in [1.54, 1.807) is 12.3 Å².